The number of nitrogens with zero attached hydrogens (tertiary/aromatic N) is 1. The summed E-state index contributed by atoms with van der Waals surface area (Å²) in [4.78, 5) is 13.3. The monoisotopic (exact) mass is 395 g/mol. The second-order valence-corrected chi connectivity index (χ2v) is 7.65. The van der Waals surface area contributed by atoms with Crippen molar-refractivity contribution in [3.63, 3.8) is 0 Å². The molecule has 0 spiro atoms. The Kier molecular flexibility index (Phi) is 10.7. The summed E-state index contributed by atoms with van der Waals surface area (Å²) in [6, 6.07) is 16.0. The molecule has 158 valence electrons. The summed E-state index contributed by atoms with van der Waals surface area (Å²) < 4.78 is 0. The van der Waals surface area contributed by atoms with Gasteiger partial charge in [-0.05, 0) is 61.4 Å². The minimum absolute atomic E-state index is 0.679. The van der Waals surface area contributed by atoms with Gasteiger partial charge in [0.1, 0.15) is 6.29 Å². The van der Waals surface area contributed by atoms with Crippen LogP contribution in [0.3, 0.4) is 0 Å². The maximum Gasteiger partial charge on any atom is 0.150 e. The summed E-state index contributed by atoms with van der Waals surface area (Å²) in [5.74, 6) is 0. The number of hydrazine groups is 1. The zero-order valence-corrected chi connectivity index (χ0v) is 18.1. The van der Waals surface area contributed by atoms with Crippen molar-refractivity contribution in [2.45, 2.75) is 65.2 Å². The number of benzene rings is 2. The lowest BCUT2D eigenvalue weighted by Gasteiger charge is -2.25. The molecular formula is C25H37N3O. The van der Waals surface area contributed by atoms with E-state index in [9.17, 15) is 4.79 Å². The Morgan fingerprint density at radius 2 is 1.17 bits per heavy atom. The van der Waals surface area contributed by atoms with E-state index in [0.29, 0.717) is 5.56 Å². The van der Waals surface area contributed by atoms with Crippen LogP contribution in [-0.4, -0.2) is 19.4 Å². The van der Waals surface area contributed by atoms with Crippen LogP contribution < -0.4 is 15.8 Å². The van der Waals surface area contributed by atoms with Crippen molar-refractivity contribution in [3.8, 4) is 0 Å². The number of aldehydes is 1. The lowest BCUT2D eigenvalue weighted by atomic mass is 10.1. The minimum Gasteiger partial charge on any atom is -0.372 e. The van der Waals surface area contributed by atoms with E-state index in [1.54, 1.807) is 12.1 Å². The van der Waals surface area contributed by atoms with E-state index in [2.05, 4.69) is 53.9 Å². The standard InChI is InChI=1S/C25H37N3O/c1-3-5-7-9-19-28(20-10-8-6-4-2)25-17-15-24(16-18-25)27-26-23-13-11-22(21-29)12-14-23/h11-18,21,26-27H,3-10,19-20H2,1-2H3. The van der Waals surface area contributed by atoms with Gasteiger partial charge in [0, 0.05) is 24.3 Å². The first-order valence-corrected chi connectivity index (χ1v) is 11.2. The Bertz CT molecular complexity index is 670. The van der Waals surface area contributed by atoms with E-state index >= 15 is 0 Å². The average molecular weight is 396 g/mol. The molecule has 2 aromatic carbocycles. The van der Waals surface area contributed by atoms with E-state index in [1.165, 1.54) is 57.1 Å². The van der Waals surface area contributed by atoms with Gasteiger partial charge >= 0.3 is 0 Å². The molecule has 0 fully saturated rings. The van der Waals surface area contributed by atoms with E-state index in [1.807, 2.05) is 12.1 Å². The van der Waals surface area contributed by atoms with Crippen molar-refractivity contribution >= 4 is 23.3 Å². The van der Waals surface area contributed by atoms with Crippen LogP contribution in [0.5, 0.6) is 0 Å². The van der Waals surface area contributed by atoms with Gasteiger partial charge in [0.2, 0.25) is 0 Å². The highest BCUT2D eigenvalue weighted by molar-refractivity contribution is 5.75. The molecule has 0 saturated heterocycles. The van der Waals surface area contributed by atoms with Crippen molar-refractivity contribution in [3.05, 3.63) is 54.1 Å². The van der Waals surface area contributed by atoms with Gasteiger partial charge in [-0.25, -0.2) is 0 Å². The second kappa shape index (κ2) is 13.6. The normalized spacial score (nSPS) is 10.6. The number of carbonyl (C=O) groups excluding carboxylic acids is 1. The zero-order valence-electron chi connectivity index (χ0n) is 18.1. The molecule has 2 N–H and O–H groups in total. The highest BCUT2D eigenvalue weighted by Crippen LogP contribution is 2.20. The number of carbonyl (C=O) groups is 1. The highest BCUT2D eigenvalue weighted by atomic mass is 16.1. The quantitative estimate of drug-likeness (QED) is 0.195. The van der Waals surface area contributed by atoms with Crippen molar-refractivity contribution in [2.24, 2.45) is 0 Å². The molecule has 0 saturated carbocycles. The van der Waals surface area contributed by atoms with Gasteiger partial charge in [-0.2, -0.15) is 0 Å². The lowest BCUT2D eigenvalue weighted by Crippen LogP contribution is -2.25. The van der Waals surface area contributed by atoms with Crippen LogP contribution >= 0.6 is 0 Å². The fourth-order valence-corrected chi connectivity index (χ4v) is 3.37. The fourth-order valence-electron chi connectivity index (χ4n) is 3.37. The first kappa shape index (κ1) is 22.8. The zero-order chi connectivity index (χ0) is 20.7. The molecule has 4 nitrogen and oxygen atoms in total. The fraction of sp³-hybridized carbons (Fsp3) is 0.480. The molecule has 0 bridgehead atoms. The van der Waals surface area contributed by atoms with Gasteiger partial charge in [0.05, 0.1) is 11.4 Å². The molecule has 0 aromatic heterocycles. The highest BCUT2D eigenvalue weighted by Gasteiger charge is 2.06. The number of rotatable bonds is 15. The molecule has 0 amide bonds. The summed E-state index contributed by atoms with van der Waals surface area (Å²) in [6.45, 7) is 6.80. The summed E-state index contributed by atoms with van der Waals surface area (Å²) in [6.07, 6.45) is 11.2. The maximum atomic E-state index is 10.7. The van der Waals surface area contributed by atoms with Crippen LogP contribution in [0.1, 0.15) is 75.6 Å². The molecule has 29 heavy (non-hydrogen) atoms. The van der Waals surface area contributed by atoms with Crippen molar-refractivity contribution < 1.29 is 4.79 Å². The topological polar surface area (TPSA) is 44.4 Å². The van der Waals surface area contributed by atoms with Gasteiger partial charge in [0.15, 0.2) is 0 Å². The third-order valence-electron chi connectivity index (χ3n) is 5.19. The van der Waals surface area contributed by atoms with Gasteiger partial charge in [-0.15, -0.1) is 0 Å². The van der Waals surface area contributed by atoms with Crippen LogP contribution in [-0.2, 0) is 0 Å². The average Bonchev–Trinajstić information content (AvgIpc) is 2.77. The number of anilines is 3. The maximum absolute atomic E-state index is 10.7. The Labute approximate surface area is 176 Å². The largest absolute Gasteiger partial charge is 0.372 e. The molecule has 0 radical (unpaired) electrons. The second-order valence-electron chi connectivity index (χ2n) is 7.65. The smallest absolute Gasteiger partial charge is 0.150 e. The van der Waals surface area contributed by atoms with Gasteiger partial charge in [-0.1, -0.05) is 52.4 Å². The Morgan fingerprint density at radius 3 is 1.62 bits per heavy atom. The van der Waals surface area contributed by atoms with E-state index in [4.69, 9.17) is 0 Å². The van der Waals surface area contributed by atoms with Crippen LogP contribution in [0.4, 0.5) is 17.1 Å². The van der Waals surface area contributed by atoms with Crippen LogP contribution in [0.2, 0.25) is 0 Å². The molecule has 0 aliphatic rings. The Hall–Kier alpha value is -2.49. The van der Waals surface area contributed by atoms with Gasteiger partial charge in [0.25, 0.3) is 0 Å². The first-order chi connectivity index (χ1) is 14.3. The number of hydrogen-bond donors (Lipinski definition) is 2. The Balaban J connectivity index is 1.89. The van der Waals surface area contributed by atoms with E-state index in [0.717, 1.165) is 30.8 Å². The molecule has 0 unspecified atom stereocenters. The summed E-state index contributed by atoms with van der Waals surface area (Å²) in [7, 11) is 0. The third kappa shape index (κ3) is 8.59. The summed E-state index contributed by atoms with van der Waals surface area (Å²) in [5.41, 5.74) is 10.3. The molecule has 0 aliphatic heterocycles. The van der Waals surface area contributed by atoms with Crippen molar-refractivity contribution in [1.82, 2.24) is 0 Å². The molecular weight excluding hydrogens is 358 g/mol. The predicted molar refractivity (Wildman–Crippen MR) is 126 cm³/mol. The predicted octanol–water partition coefficient (Wildman–Crippen LogP) is 6.91. The molecule has 2 aromatic rings. The van der Waals surface area contributed by atoms with E-state index in [-0.39, 0.29) is 0 Å². The van der Waals surface area contributed by atoms with Crippen LogP contribution in [0, 0.1) is 0 Å². The first-order valence-electron chi connectivity index (χ1n) is 11.2. The van der Waals surface area contributed by atoms with Crippen molar-refractivity contribution in [1.29, 1.82) is 0 Å². The molecule has 0 atom stereocenters. The number of unbranched alkanes of at least 4 members (excludes halogenated alkanes) is 6. The van der Waals surface area contributed by atoms with E-state index < -0.39 is 0 Å². The third-order valence-corrected chi connectivity index (χ3v) is 5.19. The van der Waals surface area contributed by atoms with Crippen molar-refractivity contribution in [2.75, 3.05) is 28.8 Å². The Morgan fingerprint density at radius 1 is 0.690 bits per heavy atom. The molecule has 0 aliphatic carbocycles. The minimum atomic E-state index is 0.679. The van der Waals surface area contributed by atoms with Crippen LogP contribution in [0.25, 0.3) is 0 Å². The SMILES string of the molecule is CCCCCCN(CCCCCC)c1ccc(NNc2ccc(C=O)cc2)cc1. The molecule has 0 heterocycles. The van der Waals surface area contributed by atoms with Gasteiger partial charge < -0.3 is 15.8 Å². The van der Waals surface area contributed by atoms with Crippen LogP contribution in [0.15, 0.2) is 48.5 Å². The molecule has 4 heteroatoms. The number of nitrogens with one attached hydrogen (secondary N) is 2. The lowest BCUT2D eigenvalue weighted by molar-refractivity contribution is 0.112. The van der Waals surface area contributed by atoms with Gasteiger partial charge in [-0.3, -0.25) is 4.79 Å². The summed E-state index contributed by atoms with van der Waals surface area (Å²) in [5, 5.41) is 0. The molecule has 2 rings (SSSR count). The number of hydrogen-bond acceptors (Lipinski definition) is 4. The summed E-state index contributed by atoms with van der Waals surface area (Å²) >= 11 is 0.